The molecule has 0 amide bonds. The van der Waals surface area contributed by atoms with Crippen molar-refractivity contribution >= 4 is 41.3 Å². The zero-order chi connectivity index (χ0) is 14.2. The van der Waals surface area contributed by atoms with E-state index >= 15 is 0 Å². The Morgan fingerprint density at radius 2 is 2.19 bits per heavy atom. The SMILES string of the molecule is CCNC(=NCc1ncccc1F)NCc1cccs1.I. The first kappa shape index (κ1) is 17.8. The van der Waals surface area contributed by atoms with Crippen LogP contribution in [0.2, 0.25) is 0 Å². The molecule has 0 aliphatic heterocycles. The van der Waals surface area contributed by atoms with Gasteiger partial charge in [-0.15, -0.1) is 35.3 Å². The van der Waals surface area contributed by atoms with Gasteiger partial charge in [0, 0.05) is 17.6 Å². The molecular formula is C14H18FIN4S. The van der Waals surface area contributed by atoms with Gasteiger partial charge in [0.25, 0.3) is 0 Å². The van der Waals surface area contributed by atoms with Crippen molar-refractivity contribution in [3.05, 3.63) is 52.2 Å². The van der Waals surface area contributed by atoms with Gasteiger partial charge in [0.15, 0.2) is 5.96 Å². The molecule has 0 bridgehead atoms. The zero-order valence-electron chi connectivity index (χ0n) is 11.7. The standard InChI is InChI=1S/C14H17FN4S.HI/c1-2-16-14(18-9-11-5-4-8-20-11)19-10-13-12(15)6-3-7-17-13;/h3-8H,2,9-10H2,1H3,(H2,16,18,19);1H. The zero-order valence-corrected chi connectivity index (χ0v) is 14.8. The van der Waals surface area contributed by atoms with Crippen molar-refractivity contribution in [1.82, 2.24) is 15.6 Å². The molecule has 0 aromatic carbocycles. The van der Waals surface area contributed by atoms with Gasteiger partial charge in [0.2, 0.25) is 0 Å². The molecule has 0 radical (unpaired) electrons. The first-order chi connectivity index (χ1) is 9.79. The van der Waals surface area contributed by atoms with E-state index in [9.17, 15) is 4.39 Å². The van der Waals surface area contributed by atoms with Crippen LogP contribution in [0.1, 0.15) is 17.5 Å². The van der Waals surface area contributed by atoms with Crippen LogP contribution in [-0.4, -0.2) is 17.5 Å². The van der Waals surface area contributed by atoms with Crippen LogP contribution >= 0.6 is 35.3 Å². The second-order valence-electron chi connectivity index (χ2n) is 4.06. The molecule has 0 aliphatic rings. The van der Waals surface area contributed by atoms with E-state index in [4.69, 9.17) is 0 Å². The number of nitrogens with zero attached hydrogens (tertiary/aromatic N) is 2. The number of thiophene rings is 1. The highest BCUT2D eigenvalue weighted by molar-refractivity contribution is 14.0. The van der Waals surface area contributed by atoms with E-state index in [1.165, 1.54) is 10.9 Å². The van der Waals surface area contributed by atoms with Crippen LogP contribution in [0.25, 0.3) is 0 Å². The number of hydrogen-bond donors (Lipinski definition) is 2. The average Bonchev–Trinajstić information content (AvgIpc) is 2.97. The Morgan fingerprint density at radius 3 is 2.86 bits per heavy atom. The summed E-state index contributed by atoms with van der Waals surface area (Å²) in [6, 6.07) is 7.03. The molecule has 0 saturated heterocycles. The summed E-state index contributed by atoms with van der Waals surface area (Å²) in [5, 5.41) is 8.37. The molecule has 0 spiro atoms. The van der Waals surface area contributed by atoms with Crippen LogP contribution < -0.4 is 10.6 Å². The third-order valence-electron chi connectivity index (χ3n) is 2.58. The number of halogens is 2. The van der Waals surface area contributed by atoms with Gasteiger partial charge in [-0.05, 0) is 30.5 Å². The third kappa shape index (κ3) is 5.96. The highest BCUT2D eigenvalue weighted by Gasteiger charge is 2.03. The molecule has 4 nitrogen and oxygen atoms in total. The molecule has 114 valence electrons. The molecule has 7 heteroatoms. The van der Waals surface area contributed by atoms with Crippen molar-refractivity contribution in [1.29, 1.82) is 0 Å². The quantitative estimate of drug-likeness (QED) is 0.444. The van der Waals surface area contributed by atoms with Gasteiger partial charge in [-0.1, -0.05) is 6.07 Å². The van der Waals surface area contributed by atoms with Crippen molar-refractivity contribution in [3.8, 4) is 0 Å². The minimum absolute atomic E-state index is 0. The number of rotatable bonds is 5. The van der Waals surface area contributed by atoms with Crippen molar-refractivity contribution in [2.75, 3.05) is 6.54 Å². The van der Waals surface area contributed by atoms with E-state index in [1.54, 1.807) is 23.6 Å². The molecule has 2 heterocycles. The Balaban J connectivity index is 0.00000220. The first-order valence-corrected chi connectivity index (χ1v) is 7.31. The average molecular weight is 420 g/mol. The fourth-order valence-electron chi connectivity index (χ4n) is 1.61. The largest absolute Gasteiger partial charge is 0.357 e. The van der Waals surface area contributed by atoms with Crippen LogP contribution in [0.5, 0.6) is 0 Å². The van der Waals surface area contributed by atoms with Gasteiger partial charge in [0.1, 0.15) is 5.82 Å². The van der Waals surface area contributed by atoms with Gasteiger partial charge in [0.05, 0.1) is 18.8 Å². The van der Waals surface area contributed by atoms with Crippen LogP contribution in [0.3, 0.4) is 0 Å². The summed E-state index contributed by atoms with van der Waals surface area (Å²) < 4.78 is 13.5. The van der Waals surface area contributed by atoms with E-state index in [1.807, 2.05) is 18.4 Å². The monoisotopic (exact) mass is 420 g/mol. The fraction of sp³-hybridized carbons (Fsp3) is 0.286. The number of nitrogens with one attached hydrogen (secondary N) is 2. The van der Waals surface area contributed by atoms with Crippen molar-refractivity contribution < 1.29 is 4.39 Å². The fourth-order valence-corrected chi connectivity index (χ4v) is 2.26. The maximum atomic E-state index is 13.5. The molecule has 21 heavy (non-hydrogen) atoms. The van der Waals surface area contributed by atoms with Crippen LogP contribution in [0.4, 0.5) is 4.39 Å². The van der Waals surface area contributed by atoms with Gasteiger partial charge in [-0.25, -0.2) is 9.38 Å². The topological polar surface area (TPSA) is 49.3 Å². The number of pyridine rings is 1. The Morgan fingerprint density at radius 1 is 1.33 bits per heavy atom. The minimum atomic E-state index is -0.328. The molecule has 2 aromatic heterocycles. The number of guanidine groups is 1. The lowest BCUT2D eigenvalue weighted by molar-refractivity contribution is 0.599. The maximum absolute atomic E-state index is 13.5. The van der Waals surface area contributed by atoms with Gasteiger partial charge >= 0.3 is 0 Å². The Kier molecular flexibility index (Phi) is 8.21. The summed E-state index contributed by atoms with van der Waals surface area (Å²) in [5.74, 6) is 0.330. The number of aliphatic imine (C=N–C) groups is 1. The van der Waals surface area contributed by atoms with Crippen LogP contribution in [0.15, 0.2) is 40.8 Å². The van der Waals surface area contributed by atoms with Crippen LogP contribution in [-0.2, 0) is 13.1 Å². The Bertz CT molecular complexity index is 560. The van der Waals surface area contributed by atoms with Gasteiger partial charge in [-0.2, -0.15) is 0 Å². The highest BCUT2D eigenvalue weighted by atomic mass is 127. The number of hydrogen-bond acceptors (Lipinski definition) is 3. The van der Waals surface area contributed by atoms with E-state index in [0.29, 0.717) is 18.2 Å². The van der Waals surface area contributed by atoms with E-state index in [-0.39, 0.29) is 36.3 Å². The predicted molar refractivity (Wildman–Crippen MR) is 95.6 cm³/mol. The Labute approximate surface area is 144 Å². The maximum Gasteiger partial charge on any atom is 0.191 e. The lowest BCUT2D eigenvalue weighted by Crippen LogP contribution is -2.36. The summed E-state index contributed by atoms with van der Waals surface area (Å²) in [6.07, 6.45) is 1.57. The smallest absolute Gasteiger partial charge is 0.191 e. The van der Waals surface area contributed by atoms with E-state index < -0.39 is 0 Å². The lowest BCUT2D eigenvalue weighted by Gasteiger charge is -2.10. The molecule has 2 N–H and O–H groups in total. The highest BCUT2D eigenvalue weighted by Crippen LogP contribution is 2.07. The van der Waals surface area contributed by atoms with Crippen molar-refractivity contribution in [3.63, 3.8) is 0 Å². The molecule has 2 aromatic rings. The summed E-state index contributed by atoms with van der Waals surface area (Å²) in [6.45, 7) is 3.66. The second-order valence-corrected chi connectivity index (χ2v) is 5.09. The first-order valence-electron chi connectivity index (χ1n) is 6.43. The predicted octanol–water partition coefficient (Wildman–Crippen LogP) is 3.16. The Hall–Kier alpha value is -1.22. The summed E-state index contributed by atoms with van der Waals surface area (Å²) in [5.41, 5.74) is 0.348. The second kappa shape index (κ2) is 9.67. The molecule has 0 atom stereocenters. The summed E-state index contributed by atoms with van der Waals surface area (Å²) in [7, 11) is 0. The third-order valence-corrected chi connectivity index (χ3v) is 3.45. The van der Waals surface area contributed by atoms with Gasteiger partial charge < -0.3 is 10.6 Å². The lowest BCUT2D eigenvalue weighted by atomic mass is 10.3. The van der Waals surface area contributed by atoms with Gasteiger partial charge in [-0.3, -0.25) is 4.98 Å². The normalized spacial score (nSPS) is 10.9. The van der Waals surface area contributed by atoms with Crippen molar-refractivity contribution in [2.45, 2.75) is 20.0 Å². The summed E-state index contributed by atoms with van der Waals surface area (Å²) >= 11 is 1.68. The summed E-state index contributed by atoms with van der Waals surface area (Å²) in [4.78, 5) is 9.55. The van der Waals surface area contributed by atoms with Crippen molar-refractivity contribution in [2.24, 2.45) is 4.99 Å². The molecule has 0 saturated carbocycles. The molecule has 2 rings (SSSR count). The molecular weight excluding hydrogens is 402 g/mol. The molecule has 0 aliphatic carbocycles. The van der Waals surface area contributed by atoms with E-state index in [0.717, 1.165) is 6.54 Å². The number of aromatic nitrogens is 1. The molecule has 0 unspecified atom stereocenters. The molecule has 0 fully saturated rings. The minimum Gasteiger partial charge on any atom is -0.357 e. The van der Waals surface area contributed by atoms with Crippen LogP contribution in [0, 0.1) is 5.82 Å². The van der Waals surface area contributed by atoms with E-state index in [2.05, 4.69) is 26.7 Å².